The van der Waals surface area contributed by atoms with Crippen LogP contribution < -0.4 is 11.5 Å². The summed E-state index contributed by atoms with van der Waals surface area (Å²) < 4.78 is 36.7. The Hall–Kier alpha value is -1.53. The monoisotopic (exact) mass is 277 g/mol. The Morgan fingerprint density at radius 1 is 1.39 bits per heavy atom. The molecule has 4 N–H and O–H groups in total. The van der Waals surface area contributed by atoms with E-state index in [2.05, 4.69) is 4.99 Å². The van der Waals surface area contributed by atoms with E-state index in [4.69, 9.17) is 23.1 Å². The van der Waals surface area contributed by atoms with E-state index in [1.54, 1.807) is 18.2 Å². The van der Waals surface area contributed by atoms with Gasteiger partial charge >= 0.3 is 6.18 Å². The van der Waals surface area contributed by atoms with E-state index in [0.717, 1.165) is 0 Å². The van der Waals surface area contributed by atoms with Gasteiger partial charge in [-0.25, -0.2) is 0 Å². The predicted octanol–water partition coefficient (Wildman–Crippen LogP) is 2.78. The first-order valence-corrected chi connectivity index (χ1v) is 5.28. The van der Waals surface area contributed by atoms with Gasteiger partial charge in [0.25, 0.3) is 0 Å². The Bertz CT molecular complexity index is 481. The summed E-state index contributed by atoms with van der Waals surface area (Å²) >= 11 is 5.73. The van der Waals surface area contributed by atoms with Crippen molar-refractivity contribution in [1.29, 1.82) is 0 Å². The molecule has 0 radical (unpaired) electrons. The molecular formula is C11H11ClF3N3. The average molecular weight is 278 g/mol. The highest BCUT2D eigenvalue weighted by Gasteiger charge is 2.31. The van der Waals surface area contributed by atoms with Gasteiger partial charge in [-0.05, 0) is 24.3 Å². The fourth-order valence-electron chi connectivity index (χ4n) is 1.11. The number of rotatable bonds is 3. The van der Waals surface area contributed by atoms with Gasteiger partial charge in [-0.2, -0.15) is 13.2 Å². The average Bonchev–Trinajstić information content (AvgIpc) is 2.26. The maximum Gasteiger partial charge on any atom is 0.430 e. The van der Waals surface area contributed by atoms with Gasteiger partial charge in [0.1, 0.15) is 5.70 Å². The van der Waals surface area contributed by atoms with Crippen molar-refractivity contribution in [3.8, 4) is 0 Å². The molecule has 1 rings (SSSR count). The number of alkyl halides is 3. The third kappa shape index (κ3) is 4.38. The molecule has 0 unspecified atom stereocenters. The third-order valence-electron chi connectivity index (χ3n) is 1.94. The normalized spacial score (nSPS) is 13.8. The molecule has 0 aromatic heterocycles. The van der Waals surface area contributed by atoms with Crippen LogP contribution in [0.25, 0.3) is 0 Å². The predicted molar refractivity (Wildman–Crippen MR) is 65.9 cm³/mol. The highest BCUT2D eigenvalue weighted by molar-refractivity contribution is 6.30. The first-order valence-electron chi connectivity index (χ1n) is 4.90. The highest BCUT2D eigenvalue weighted by Crippen LogP contribution is 2.22. The van der Waals surface area contributed by atoms with Crippen molar-refractivity contribution < 1.29 is 13.2 Å². The van der Waals surface area contributed by atoms with Gasteiger partial charge in [0.05, 0.1) is 11.4 Å². The van der Waals surface area contributed by atoms with E-state index in [0.29, 0.717) is 16.8 Å². The van der Waals surface area contributed by atoms with E-state index in [1.807, 2.05) is 0 Å². The van der Waals surface area contributed by atoms with Crippen molar-refractivity contribution in [2.24, 2.45) is 16.5 Å². The Morgan fingerprint density at radius 2 is 2.06 bits per heavy atom. The summed E-state index contributed by atoms with van der Waals surface area (Å²) in [7, 11) is 0. The SMILES string of the molecule is NCC(/C=C(\N)C(F)(F)F)=Nc1cccc(Cl)c1. The van der Waals surface area contributed by atoms with Crippen LogP contribution in [0.4, 0.5) is 18.9 Å². The molecule has 0 amide bonds. The number of allylic oxidation sites excluding steroid dienone is 1. The topological polar surface area (TPSA) is 64.4 Å². The second kappa shape index (κ2) is 5.88. The first kappa shape index (κ1) is 14.5. The van der Waals surface area contributed by atoms with Crippen molar-refractivity contribution in [1.82, 2.24) is 0 Å². The van der Waals surface area contributed by atoms with Crippen LogP contribution in [0.15, 0.2) is 41.0 Å². The van der Waals surface area contributed by atoms with Gasteiger partial charge in [-0.3, -0.25) is 4.99 Å². The lowest BCUT2D eigenvalue weighted by Crippen LogP contribution is -2.22. The van der Waals surface area contributed by atoms with Crippen LogP contribution in [0.1, 0.15) is 0 Å². The molecule has 0 aliphatic heterocycles. The highest BCUT2D eigenvalue weighted by atomic mass is 35.5. The molecule has 0 heterocycles. The van der Waals surface area contributed by atoms with Crippen molar-refractivity contribution in [3.05, 3.63) is 41.1 Å². The van der Waals surface area contributed by atoms with Gasteiger partial charge in [0.15, 0.2) is 0 Å². The van der Waals surface area contributed by atoms with Gasteiger partial charge in [-0.1, -0.05) is 17.7 Å². The number of aliphatic imine (C=N–C) groups is 1. The smallest absolute Gasteiger partial charge is 0.395 e. The maximum absolute atomic E-state index is 12.2. The van der Waals surface area contributed by atoms with Crippen LogP contribution in [0.3, 0.4) is 0 Å². The number of nitrogens with zero attached hydrogens (tertiary/aromatic N) is 1. The fraction of sp³-hybridized carbons (Fsp3) is 0.182. The van der Waals surface area contributed by atoms with Crippen LogP contribution in [0.2, 0.25) is 5.02 Å². The fourth-order valence-corrected chi connectivity index (χ4v) is 1.29. The minimum Gasteiger partial charge on any atom is -0.395 e. The molecule has 1 aromatic carbocycles. The van der Waals surface area contributed by atoms with Crippen LogP contribution in [-0.2, 0) is 0 Å². The van der Waals surface area contributed by atoms with E-state index >= 15 is 0 Å². The van der Waals surface area contributed by atoms with Crippen LogP contribution in [0.5, 0.6) is 0 Å². The van der Waals surface area contributed by atoms with Gasteiger partial charge < -0.3 is 11.5 Å². The van der Waals surface area contributed by atoms with Crippen LogP contribution in [0, 0.1) is 0 Å². The van der Waals surface area contributed by atoms with Crippen molar-refractivity contribution in [3.63, 3.8) is 0 Å². The van der Waals surface area contributed by atoms with Crippen LogP contribution >= 0.6 is 11.6 Å². The van der Waals surface area contributed by atoms with E-state index in [9.17, 15) is 13.2 Å². The third-order valence-corrected chi connectivity index (χ3v) is 2.17. The molecule has 98 valence electrons. The molecule has 0 aliphatic rings. The standard InChI is InChI=1S/C11H11ClF3N3/c12-7-2-1-3-8(4-7)18-9(6-16)5-10(17)11(13,14)15/h1-5H,6,16-17H2/b10-5-,18-9?. The zero-order valence-corrected chi connectivity index (χ0v) is 9.96. The van der Waals surface area contributed by atoms with Crippen molar-refractivity contribution in [2.75, 3.05) is 6.54 Å². The molecule has 0 saturated carbocycles. The van der Waals surface area contributed by atoms with E-state index in [1.165, 1.54) is 6.07 Å². The Kier molecular flexibility index (Phi) is 4.75. The van der Waals surface area contributed by atoms with E-state index < -0.39 is 11.9 Å². The quantitative estimate of drug-likeness (QED) is 0.835. The summed E-state index contributed by atoms with van der Waals surface area (Å²) in [6.07, 6.45) is -3.88. The number of benzene rings is 1. The molecule has 0 spiro atoms. The van der Waals surface area contributed by atoms with Crippen molar-refractivity contribution in [2.45, 2.75) is 6.18 Å². The van der Waals surface area contributed by atoms with Gasteiger partial charge in [-0.15, -0.1) is 0 Å². The Balaban J connectivity index is 3.04. The maximum atomic E-state index is 12.2. The second-order valence-corrected chi connectivity index (χ2v) is 3.82. The number of hydrogen-bond donors (Lipinski definition) is 2. The van der Waals surface area contributed by atoms with Crippen molar-refractivity contribution >= 4 is 23.0 Å². The lowest BCUT2D eigenvalue weighted by atomic mass is 10.2. The summed E-state index contributed by atoms with van der Waals surface area (Å²) in [5, 5.41) is 0.431. The summed E-state index contributed by atoms with van der Waals surface area (Å²) in [5.74, 6) is 0. The Morgan fingerprint density at radius 3 is 2.56 bits per heavy atom. The Labute approximate surface area is 107 Å². The minimum absolute atomic E-state index is 0.0205. The summed E-state index contributed by atoms with van der Waals surface area (Å²) in [5.41, 5.74) is 9.39. The number of halogens is 4. The number of nitrogens with two attached hydrogens (primary N) is 2. The molecule has 1 aromatic rings. The number of hydrogen-bond acceptors (Lipinski definition) is 3. The lowest BCUT2D eigenvalue weighted by Gasteiger charge is -2.06. The molecule has 3 nitrogen and oxygen atoms in total. The van der Waals surface area contributed by atoms with E-state index in [-0.39, 0.29) is 12.3 Å². The molecule has 0 aliphatic carbocycles. The van der Waals surface area contributed by atoms with Gasteiger partial charge in [0.2, 0.25) is 0 Å². The summed E-state index contributed by atoms with van der Waals surface area (Å²) in [6.45, 7) is -0.163. The van der Waals surface area contributed by atoms with Crippen LogP contribution in [-0.4, -0.2) is 18.4 Å². The second-order valence-electron chi connectivity index (χ2n) is 3.38. The largest absolute Gasteiger partial charge is 0.430 e. The minimum atomic E-state index is -4.59. The zero-order chi connectivity index (χ0) is 13.8. The molecule has 0 fully saturated rings. The molecule has 0 bridgehead atoms. The molecule has 7 heteroatoms. The molecule has 0 saturated heterocycles. The zero-order valence-electron chi connectivity index (χ0n) is 9.21. The molecule has 18 heavy (non-hydrogen) atoms. The summed E-state index contributed by atoms with van der Waals surface area (Å²) in [6, 6.07) is 6.36. The van der Waals surface area contributed by atoms with Gasteiger partial charge in [0, 0.05) is 11.6 Å². The lowest BCUT2D eigenvalue weighted by molar-refractivity contribution is -0.0925. The summed E-state index contributed by atoms with van der Waals surface area (Å²) in [4.78, 5) is 3.94. The molecule has 0 atom stereocenters. The molecular weight excluding hydrogens is 267 g/mol. The first-order chi connectivity index (χ1) is 8.32.